The summed E-state index contributed by atoms with van der Waals surface area (Å²) in [5.74, 6) is -11.6. The quantitative estimate of drug-likeness (QED) is 0.0174. The molecule has 4 heterocycles. The van der Waals surface area contributed by atoms with E-state index < -0.39 is 212 Å². The Morgan fingerprint density at radius 1 is 0.685 bits per heavy atom. The summed E-state index contributed by atoms with van der Waals surface area (Å²) in [4.78, 5) is 63.7. The van der Waals surface area contributed by atoms with E-state index in [0.717, 1.165) is 49.9 Å². The molecule has 21 N–H and O–H groups in total. The summed E-state index contributed by atoms with van der Waals surface area (Å²) >= 11 is 0.843. The van der Waals surface area contributed by atoms with Crippen molar-refractivity contribution >= 4 is 41.5 Å². The summed E-state index contributed by atoms with van der Waals surface area (Å²) in [6.45, 7) is 1.11. The Kier molecular flexibility index (Phi) is 23.0. The molecule has 3 saturated heterocycles. The average molecular weight is 1290 g/mol. The molecule has 3 fully saturated rings. The van der Waals surface area contributed by atoms with Gasteiger partial charge in [0.05, 0.1) is 29.7 Å². The second-order valence-corrected chi connectivity index (χ2v) is 22.5. The van der Waals surface area contributed by atoms with Crippen molar-refractivity contribution in [1.29, 1.82) is 0 Å². The molecule has 35 heteroatoms. The monoisotopic (exact) mass is 1290 g/mol. The lowest BCUT2D eigenvalue weighted by Gasteiger charge is -2.49. The highest BCUT2D eigenvalue weighted by atomic mass is 32.2. The first-order valence-corrected chi connectivity index (χ1v) is 28.3. The van der Waals surface area contributed by atoms with Gasteiger partial charge >= 0.3 is 17.9 Å². The van der Waals surface area contributed by atoms with Crippen molar-refractivity contribution in [2.24, 2.45) is 0 Å². The van der Waals surface area contributed by atoms with Gasteiger partial charge < -0.3 is 146 Å². The van der Waals surface area contributed by atoms with Crippen LogP contribution in [-0.4, -0.2) is 268 Å². The number of carbonyl (C=O) groups excluding carboxylic acids is 3. The Morgan fingerprint density at radius 2 is 1.33 bits per heavy atom. The number of aromatic hydroxyl groups is 7. The minimum Gasteiger partial charge on any atom is -0.508 e. The van der Waals surface area contributed by atoms with Crippen molar-refractivity contribution < 1.29 is 159 Å². The van der Waals surface area contributed by atoms with Gasteiger partial charge in [0.25, 0.3) is 0 Å². The van der Waals surface area contributed by atoms with E-state index in [-0.39, 0.29) is 64.3 Å². The van der Waals surface area contributed by atoms with Crippen LogP contribution in [0.3, 0.4) is 0 Å². The first kappa shape index (κ1) is 69.6. The number of fused-ring (bicyclic) bond motifs is 1. The van der Waals surface area contributed by atoms with Gasteiger partial charge in [-0.2, -0.15) is 0 Å². The number of carbonyl (C=O) groups is 5. The molecule has 89 heavy (non-hydrogen) atoms. The van der Waals surface area contributed by atoms with Gasteiger partial charge in [0.1, 0.15) is 103 Å². The zero-order valence-corrected chi connectivity index (χ0v) is 48.0. The number of aliphatic carboxylic acids is 2. The third-order valence-corrected chi connectivity index (χ3v) is 16.3. The molecule has 21 atom stereocenters. The Balaban J connectivity index is 1.10. The van der Waals surface area contributed by atoms with Gasteiger partial charge in [0, 0.05) is 43.5 Å². The van der Waals surface area contributed by atoms with E-state index in [1.165, 1.54) is 13.0 Å². The van der Waals surface area contributed by atoms with Gasteiger partial charge in [-0.15, -0.1) is 11.8 Å². The second-order valence-electron chi connectivity index (χ2n) is 21.4. The van der Waals surface area contributed by atoms with Crippen molar-refractivity contribution in [2.75, 3.05) is 19.0 Å². The van der Waals surface area contributed by atoms with Crippen LogP contribution in [0, 0.1) is 6.92 Å². The lowest BCUT2D eigenvalue weighted by atomic mass is 9.93. The number of amides is 2. The number of hydrogen-bond acceptors (Lipinski definition) is 31. The Bertz CT molecular complexity index is 3010. The van der Waals surface area contributed by atoms with Crippen molar-refractivity contribution in [1.82, 2.24) is 10.6 Å². The number of thioether (sulfide) groups is 1. The molecule has 7 rings (SSSR count). The van der Waals surface area contributed by atoms with Gasteiger partial charge in [-0.3, -0.25) is 9.59 Å². The number of nitrogens with one attached hydrogen (secondary N) is 2. The largest absolute Gasteiger partial charge is 0.508 e. The molecular formula is C54H70N2O32S. The number of carboxylic acids is 2. The number of carboxylic acid groups (broad SMARTS) is 2. The van der Waals surface area contributed by atoms with E-state index in [1.54, 1.807) is 0 Å². The standard InChI is InChI=1S/C54H70N2O32S/c1-16-8-19(9-25(63)32(16)66)51(80)82-29-13-21-24(62)10-20(61)11-28(21)81-42(29)22-12-26(64)33(67)39(73)48(22)89-7-5-4-6-23(55-17(2)59)43(34(68)27(65)14-57)84-54-41(75)38(72)45(47(88-54)50(78)79)86-52-31(56-18(3)60)44(35(69)30(15-58)83-52)85-53-40(74)36(70)37(71)46(87-53)49(76)77/h8-12,23,27,29-31,34-38,40-47,52-54,57-58,61-75H,4-7,13-15H2,1-3H3,(H,55,59)(H,56,60)(H,76,77)(H,78,79)/t23?,27?,29-,30?,31?,34-,35-,36+,37+,38-,40?,41?,42-,43-,44-,45+,46?,47?,52+,53-,54-/m1/s1. The molecule has 494 valence electrons. The predicted molar refractivity (Wildman–Crippen MR) is 290 cm³/mol. The van der Waals surface area contributed by atoms with Gasteiger partial charge in [-0.1, -0.05) is 6.42 Å². The number of aryl methyl sites for hydroxylation is 1. The number of phenolic OH excluding ortho intramolecular Hbond substituents is 7. The second kappa shape index (κ2) is 29.4. The topological polar surface area (TPSA) is 568 Å². The van der Waals surface area contributed by atoms with Crippen LogP contribution in [0.5, 0.6) is 46.0 Å². The highest BCUT2D eigenvalue weighted by Gasteiger charge is 2.57. The zero-order valence-electron chi connectivity index (χ0n) is 47.2. The summed E-state index contributed by atoms with van der Waals surface area (Å²) in [5, 5.41) is 207. The van der Waals surface area contributed by atoms with Crippen LogP contribution in [0.25, 0.3) is 0 Å². The number of hydrogen-bond donors (Lipinski definition) is 21. The smallest absolute Gasteiger partial charge is 0.338 e. The molecule has 4 aliphatic heterocycles. The molecule has 8 unspecified atom stereocenters. The fourth-order valence-corrected chi connectivity index (χ4v) is 11.7. The third kappa shape index (κ3) is 15.5. The number of ether oxygens (including phenoxy) is 8. The molecule has 3 aromatic rings. The lowest BCUT2D eigenvalue weighted by Crippen LogP contribution is -2.70. The molecule has 0 radical (unpaired) electrons. The molecule has 0 aromatic heterocycles. The average Bonchev–Trinajstić information content (AvgIpc) is 0.818. The van der Waals surface area contributed by atoms with Gasteiger partial charge in [0.15, 0.2) is 60.2 Å². The van der Waals surface area contributed by atoms with Crippen molar-refractivity contribution in [3.05, 3.63) is 52.6 Å². The maximum atomic E-state index is 13.6. The van der Waals surface area contributed by atoms with Gasteiger partial charge in [-0.25, -0.2) is 14.4 Å². The number of benzene rings is 3. The molecule has 0 saturated carbocycles. The van der Waals surface area contributed by atoms with Crippen LogP contribution in [0.1, 0.15) is 66.3 Å². The summed E-state index contributed by atoms with van der Waals surface area (Å²) in [5.41, 5.74) is -0.186. The van der Waals surface area contributed by atoms with E-state index >= 15 is 0 Å². The molecular weight excluding hydrogens is 1220 g/mol. The number of phenols is 7. The van der Waals surface area contributed by atoms with Crippen LogP contribution in [0.2, 0.25) is 0 Å². The molecule has 0 spiro atoms. The molecule has 34 nitrogen and oxygen atoms in total. The minimum absolute atomic E-state index is 0.00510. The van der Waals surface area contributed by atoms with Crippen LogP contribution < -0.4 is 15.4 Å². The van der Waals surface area contributed by atoms with E-state index in [9.17, 15) is 121 Å². The molecule has 4 aliphatic rings. The maximum absolute atomic E-state index is 13.6. The number of unbranched alkanes of at least 4 members (excludes halogenated alkanes) is 1. The number of rotatable bonds is 24. The van der Waals surface area contributed by atoms with Crippen molar-refractivity contribution in [3.8, 4) is 46.0 Å². The first-order valence-electron chi connectivity index (χ1n) is 27.3. The molecule has 0 bridgehead atoms. The summed E-state index contributed by atoms with van der Waals surface area (Å²) < 4.78 is 45.9. The Hall–Kier alpha value is -6.88. The summed E-state index contributed by atoms with van der Waals surface area (Å²) in [7, 11) is 0. The fraction of sp³-hybridized carbons (Fsp3) is 0.574. The third-order valence-electron chi connectivity index (χ3n) is 15.0. The van der Waals surface area contributed by atoms with E-state index in [1.807, 2.05) is 0 Å². The summed E-state index contributed by atoms with van der Waals surface area (Å²) in [6, 6.07) is 1.89. The van der Waals surface area contributed by atoms with Crippen molar-refractivity contribution in [2.45, 2.75) is 180 Å². The molecule has 3 aromatic carbocycles. The van der Waals surface area contributed by atoms with Gasteiger partial charge in [-0.05, 0) is 49.3 Å². The highest BCUT2D eigenvalue weighted by Crippen LogP contribution is 2.51. The van der Waals surface area contributed by atoms with Crippen molar-refractivity contribution in [3.63, 3.8) is 0 Å². The van der Waals surface area contributed by atoms with Gasteiger partial charge in [0.2, 0.25) is 17.6 Å². The van der Waals surface area contributed by atoms with E-state index in [4.69, 9.17) is 37.9 Å². The zero-order chi connectivity index (χ0) is 65.8. The van der Waals surface area contributed by atoms with Crippen LogP contribution in [0.4, 0.5) is 0 Å². The normalized spacial score (nSPS) is 30.8. The van der Waals surface area contributed by atoms with E-state index in [2.05, 4.69) is 10.6 Å². The van der Waals surface area contributed by atoms with E-state index in [0.29, 0.717) is 0 Å². The predicted octanol–water partition coefficient (Wildman–Crippen LogP) is -4.52. The number of aliphatic hydroxyl groups is 10. The fourth-order valence-electron chi connectivity index (χ4n) is 10.5. The van der Waals surface area contributed by atoms with Crippen LogP contribution in [-0.2, 0) is 58.8 Å². The lowest BCUT2D eigenvalue weighted by molar-refractivity contribution is -0.364. The minimum atomic E-state index is -2.46. The highest BCUT2D eigenvalue weighted by molar-refractivity contribution is 7.99. The number of aliphatic hydroxyl groups excluding tert-OH is 10. The summed E-state index contributed by atoms with van der Waals surface area (Å²) in [6.07, 6.45) is -40.9. The Morgan fingerprint density at radius 3 is 1.94 bits per heavy atom. The maximum Gasteiger partial charge on any atom is 0.338 e. The SMILES string of the molecule is CC(=O)NC(CCCCSc1c([C@H]2Oc3cc(O)cc(O)c3C[C@H]2OC(=O)c2cc(C)c(O)c(O)c2)cc(O)c(O)c1O)[C@@H](O[C@@H]1OC(C(=O)O)[C@@H](O[C@@H]2OC(CO)[C@@H](O)[C@H](O[C@@H]3OC(C(=O)O)[C@@H](O)[C@H](O)C3O)C2NC(C)=O)[C@H](O)C1O)[C@H](O)C(O)CO. The van der Waals surface area contributed by atoms with Crippen LogP contribution in [0.15, 0.2) is 35.2 Å². The molecule has 2 amide bonds. The van der Waals surface area contributed by atoms with Crippen LogP contribution >= 0.6 is 11.8 Å². The first-order chi connectivity index (χ1) is 41.9. The molecule has 0 aliphatic carbocycles. The Labute approximate surface area is 507 Å². The number of esters is 1.